The highest BCUT2D eigenvalue weighted by Gasteiger charge is 2.33. The Morgan fingerprint density at radius 3 is 2.50 bits per heavy atom. The van der Waals surface area contributed by atoms with Gasteiger partial charge in [-0.2, -0.15) is 0 Å². The monoisotopic (exact) mass is 567 g/mol. The highest BCUT2D eigenvalue weighted by atomic mass is 79.9. The second kappa shape index (κ2) is 13.1. The van der Waals surface area contributed by atoms with Crippen LogP contribution in [0.1, 0.15) is 54.4 Å². The van der Waals surface area contributed by atoms with E-state index in [1.165, 1.54) is 23.1 Å². The van der Waals surface area contributed by atoms with Gasteiger partial charge in [0.15, 0.2) is 0 Å². The van der Waals surface area contributed by atoms with E-state index in [2.05, 4.69) is 36.6 Å². The van der Waals surface area contributed by atoms with Gasteiger partial charge in [0.1, 0.15) is 5.75 Å². The molecule has 9 heteroatoms. The average Bonchev–Trinajstić information content (AvgIpc) is 2.82. The summed E-state index contributed by atoms with van der Waals surface area (Å²) in [4.78, 5) is 20.1. The summed E-state index contributed by atoms with van der Waals surface area (Å²) in [6.07, 6.45) is 1.49. The first-order valence-electron chi connectivity index (χ1n) is 11.8. The normalized spacial score (nSPS) is 14.5. The number of amides is 1. The molecule has 1 aromatic heterocycles. The van der Waals surface area contributed by atoms with E-state index in [1.807, 2.05) is 39.8 Å². The summed E-state index contributed by atoms with van der Waals surface area (Å²) in [7, 11) is 3.09. The highest BCUT2D eigenvalue weighted by Crippen LogP contribution is 2.35. The molecule has 0 radical (unpaired) electrons. The Labute approximate surface area is 219 Å². The van der Waals surface area contributed by atoms with Crippen molar-refractivity contribution in [3.05, 3.63) is 69.0 Å². The minimum atomic E-state index is -4.85. The minimum Gasteiger partial charge on any atom is -0.405 e. The molecule has 2 aromatic rings. The Kier molecular flexibility index (Phi) is 10.7. The standard InChI is InChI=1S/C25H27BrF3N3O2.C2H6/c1-16(13-21-17(2)30-10-7-22(21)26)15-32-11-8-18(9-12-32)20-6-5-19(24(33)31(3)4)14-23(20)34-25(27,28)29;1-2/h5-8,10,13-14H,9,11-12,15H2,1-4H3;1-2H3/b16-13+;. The van der Waals surface area contributed by atoms with E-state index < -0.39 is 6.36 Å². The topological polar surface area (TPSA) is 45.7 Å². The molecule has 0 unspecified atom stereocenters. The highest BCUT2D eigenvalue weighted by molar-refractivity contribution is 9.10. The van der Waals surface area contributed by atoms with Crippen molar-refractivity contribution in [1.29, 1.82) is 0 Å². The number of alkyl halides is 3. The molecule has 0 spiro atoms. The third-order valence-electron chi connectivity index (χ3n) is 5.50. The fourth-order valence-electron chi connectivity index (χ4n) is 3.85. The van der Waals surface area contributed by atoms with Crippen LogP contribution < -0.4 is 4.74 Å². The molecule has 1 aliphatic heterocycles. The third kappa shape index (κ3) is 8.20. The first-order valence-corrected chi connectivity index (χ1v) is 12.6. The van der Waals surface area contributed by atoms with E-state index in [-0.39, 0.29) is 17.2 Å². The van der Waals surface area contributed by atoms with E-state index in [1.54, 1.807) is 20.3 Å². The van der Waals surface area contributed by atoms with Crippen LogP contribution >= 0.6 is 15.9 Å². The number of nitrogens with zero attached hydrogens (tertiary/aromatic N) is 3. The van der Waals surface area contributed by atoms with Crippen LogP contribution in [0.15, 0.2) is 46.6 Å². The summed E-state index contributed by atoms with van der Waals surface area (Å²) in [6.45, 7) is 10.0. The molecular weight excluding hydrogens is 535 g/mol. The Hall–Kier alpha value is -2.65. The molecule has 0 N–H and O–H groups in total. The van der Waals surface area contributed by atoms with Gasteiger partial charge in [-0.25, -0.2) is 0 Å². The second-order valence-electron chi connectivity index (χ2n) is 8.46. The van der Waals surface area contributed by atoms with Crippen molar-refractivity contribution in [3.8, 4) is 5.75 Å². The Morgan fingerprint density at radius 1 is 1.25 bits per heavy atom. The maximum atomic E-state index is 13.1. The quantitative estimate of drug-likeness (QED) is 0.378. The number of aromatic nitrogens is 1. The zero-order chi connectivity index (χ0) is 27.0. The van der Waals surface area contributed by atoms with Gasteiger partial charge in [-0.1, -0.05) is 53.6 Å². The fourth-order valence-corrected chi connectivity index (χ4v) is 4.37. The summed E-state index contributed by atoms with van der Waals surface area (Å²) >= 11 is 3.56. The molecule has 0 aliphatic carbocycles. The third-order valence-corrected chi connectivity index (χ3v) is 6.19. The Bertz CT molecular complexity index is 1110. The smallest absolute Gasteiger partial charge is 0.405 e. The van der Waals surface area contributed by atoms with E-state index >= 15 is 0 Å². The van der Waals surface area contributed by atoms with Gasteiger partial charge in [0.2, 0.25) is 0 Å². The first kappa shape index (κ1) is 29.6. The average molecular weight is 568 g/mol. The summed E-state index contributed by atoms with van der Waals surface area (Å²) in [5.41, 5.74) is 4.39. The molecule has 0 atom stereocenters. The number of ether oxygens (including phenoxy) is 1. The van der Waals surface area contributed by atoms with Crippen LogP contribution in [-0.2, 0) is 0 Å². The molecule has 0 fully saturated rings. The summed E-state index contributed by atoms with van der Waals surface area (Å²) in [5, 5.41) is 0. The van der Waals surface area contributed by atoms with E-state index in [0.29, 0.717) is 25.1 Å². The first-order chi connectivity index (χ1) is 16.9. The Morgan fingerprint density at radius 2 is 1.94 bits per heavy atom. The number of pyridine rings is 1. The van der Waals surface area contributed by atoms with Crippen LogP contribution in [0.3, 0.4) is 0 Å². The molecule has 0 bridgehead atoms. The van der Waals surface area contributed by atoms with E-state index in [9.17, 15) is 18.0 Å². The number of rotatable bonds is 6. The van der Waals surface area contributed by atoms with Gasteiger partial charge in [0, 0.05) is 66.8 Å². The largest absolute Gasteiger partial charge is 0.573 e. The molecule has 3 rings (SSSR count). The zero-order valence-electron chi connectivity index (χ0n) is 21.5. The van der Waals surface area contributed by atoms with Gasteiger partial charge < -0.3 is 9.64 Å². The van der Waals surface area contributed by atoms with Crippen LogP contribution in [0.4, 0.5) is 13.2 Å². The summed E-state index contributed by atoms with van der Waals surface area (Å²) < 4.78 is 44.5. The maximum Gasteiger partial charge on any atom is 0.573 e. The molecule has 196 valence electrons. The predicted molar refractivity (Wildman–Crippen MR) is 142 cm³/mol. The van der Waals surface area contributed by atoms with Crippen LogP contribution in [0, 0.1) is 6.92 Å². The van der Waals surface area contributed by atoms with Crippen LogP contribution in [0.5, 0.6) is 5.75 Å². The van der Waals surface area contributed by atoms with E-state index in [4.69, 9.17) is 0 Å². The number of hydrogen-bond acceptors (Lipinski definition) is 4. The summed E-state index contributed by atoms with van der Waals surface area (Å²) in [5.74, 6) is -0.743. The van der Waals surface area contributed by atoms with Gasteiger partial charge in [-0.15, -0.1) is 13.2 Å². The van der Waals surface area contributed by atoms with Crippen LogP contribution in [0.2, 0.25) is 0 Å². The SMILES string of the molecule is C/C(=C\c1c(Br)ccnc1C)CN1CC=C(c2ccc(C(=O)N(C)C)cc2OC(F)(F)F)CC1.CC. The molecule has 1 amide bonds. The number of carbonyl (C=O) groups excluding carboxylic acids is 1. The molecule has 1 aromatic carbocycles. The predicted octanol–water partition coefficient (Wildman–Crippen LogP) is 6.97. The maximum absolute atomic E-state index is 13.1. The van der Waals surface area contributed by atoms with Crippen LogP contribution in [0.25, 0.3) is 11.6 Å². The number of halogens is 4. The molecule has 0 saturated carbocycles. The lowest BCUT2D eigenvalue weighted by molar-refractivity contribution is -0.274. The van der Waals surface area contributed by atoms with Crippen molar-refractivity contribution in [3.63, 3.8) is 0 Å². The van der Waals surface area contributed by atoms with Crippen molar-refractivity contribution in [2.75, 3.05) is 33.7 Å². The molecule has 0 saturated heterocycles. The van der Waals surface area contributed by atoms with Crippen molar-refractivity contribution in [1.82, 2.24) is 14.8 Å². The lowest BCUT2D eigenvalue weighted by Crippen LogP contribution is -2.30. The Balaban J connectivity index is 0.00000222. The molecular formula is C27H33BrF3N3O2. The van der Waals surface area contributed by atoms with Gasteiger partial charge in [0.25, 0.3) is 5.91 Å². The van der Waals surface area contributed by atoms with Crippen molar-refractivity contribution in [2.24, 2.45) is 0 Å². The molecule has 36 heavy (non-hydrogen) atoms. The van der Waals surface area contributed by atoms with Crippen LogP contribution in [-0.4, -0.2) is 60.8 Å². The van der Waals surface area contributed by atoms with Crippen molar-refractivity contribution < 1.29 is 22.7 Å². The van der Waals surface area contributed by atoms with Gasteiger partial charge in [-0.05, 0) is 44.0 Å². The number of carbonyl (C=O) groups is 1. The van der Waals surface area contributed by atoms with E-state index in [0.717, 1.165) is 33.4 Å². The second-order valence-corrected chi connectivity index (χ2v) is 9.31. The van der Waals surface area contributed by atoms with Crippen molar-refractivity contribution in [2.45, 2.75) is 40.5 Å². The number of aryl methyl sites for hydroxylation is 1. The number of hydrogen-bond donors (Lipinski definition) is 0. The molecule has 2 heterocycles. The minimum absolute atomic E-state index is 0.142. The number of benzene rings is 1. The van der Waals surface area contributed by atoms with Crippen molar-refractivity contribution >= 4 is 33.5 Å². The van der Waals surface area contributed by atoms with Gasteiger partial charge in [-0.3, -0.25) is 14.7 Å². The molecule has 1 aliphatic rings. The summed E-state index contributed by atoms with van der Waals surface area (Å²) in [6, 6.07) is 6.14. The van der Waals surface area contributed by atoms with Gasteiger partial charge >= 0.3 is 6.36 Å². The fraction of sp³-hybridized carbons (Fsp3) is 0.407. The zero-order valence-corrected chi connectivity index (χ0v) is 23.1. The molecule has 5 nitrogen and oxygen atoms in total. The van der Waals surface area contributed by atoms with Gasteiger partial charge in [0.05, 0.1) is 0 Å². The lowest BCUT2D eigenvalue weighted by Gasteiger charge is -2.27. The lowest BCUT2D eigenvalue weighted by atomic mass is 9.96.